The van der Waals surface area contributed by atoms with E-state index in [1.165, 1.54) is 0 Å². The Morgan fingerprint density at radius 2 is 1.83 bits per heavy atom. The average Bonchev–Trinajstić information content (AvgIpc) is 2.30. The third kappa shape index (κ3) is 2.16. The molecule has 1 unspecified atom stereocenters. The van der Waals surface area contributed by atoms with Crippen LogP contribution in [0.3, 0.4) is 0 Å². The van der Waals surface area contributed by atoms with E-state index >= 15 is 0 Å². The first-order valence-electron chi connectivity index (χ1n) is 3.41. The van der Waals surface area contributed by atoms with E-state index in [0.717, 1.165) is 10.3 Å². The van der Waals surface area contributed by atoms with E-state index in [2.05, 4.69) is 4.99 Å². The van der Waals surface area contributed by atoms with E-state index in [0.29, 0.717) is 0 Å². The van der Waals surface area contributed by atoms with E-state index in [1.807, 2.05) is 38.0 Å². The van der Waals surface area contributed by atoms with E-state index in [9.17, 15) is 0 Å². The third-order valence-electron chi connectivity index (χ3n) is 1.25. The molecule has 3 nitrogen and oxygen atoms in total. The molecule has 0 spiro atoms. The minimum Gasteiger partial charge on any atom is -0.357 e. The lowest BCUT2D eigenvalue weighted by molar-refractivity contribution is 0.616. The van der Waals surface area contributed by atoms with Crippen molar-refractivity contribution in [2.45, 2.75) is 0 Å². The van der Waals surface area contributed by atoms with E-state index in [-0.39, 0.29) is 8.73 Å². The molecule has 0 aromatic rings. The van der Waals surface area contributed by atoms with Crippen molar-refractivity contribution in [2.75, 3.05) is 28.2 Å². The molecule has 1 aliphatic rings. The van der Waals surface area contributed by atoms with E-state index < -0.39 is 0 Å². The topological polar surface area (TPSA) is 18.8 Å². The van der Waals surface area contributed by atoms with Gasteiger partial charge in [0.05, 0.1) is 0 Å². The lowest BCUT2D eigenvalue weighted by Crippen LogP contribution is -2.21. The summed E-state index contributed by atoms with van der Waals surface area (Å²) < 4.78 is 0. The van der Waals surface area contributed by atoms with Gasteiger partial charge in [-0.15, -0.1) is 0 Å². The van der Waals surface area contributed by atoms with Gasteiger partial charge in [0.25, 0.3) is 0 Å². The summed E-state index contributed by atoms with van der Waals surface area (Å²) in [5, 5.41) is 1.93. The molecule has 0 fully saturated rings. The van der Waals surface area contributed by atoms with Crippen LogP contribution in [-0.4, -0.2) is 48.3 Å². The first kappa shape index (κ1) is 10.4. The van der Waals surface area contributed by atoms with Gasteiger partial charge in [-0.3, -0.25) is 4.90 Å². The Bertz CT molecular complexity index is 247. The van der Waals surface area contributed by atoms with Gasteiger partial charge in [0, 0.05) is 22.8 Å². The second-order valence-electron chi connectivity index (χ2n) is 2.77. The van der Waals surface area contributed by atoms with Crippen LogP contribution in [0, 0.1) is 0 Å². The zero-order valence-corrected chi connectivity index (χ0v) is 9.93. The highest BCUT2D eigenvalue weighted by Crippen LogP contribution is 2.43. The molecular weight excluding hydrogens is 214 g/mol. The average molecular weight is 226 g/mol. The number of hydrogen-bond donors (Lipinski definition) is 0. The van der Waals surface area contributed by atoms with Gasteiger partial charge in [0.15, 0.2) is 10.3 Å². The van der Waals surface area contributed by atoms with Crippen molar-refractivity contribution in [2.24, 2.45) is 4.99 Å². The predicted molar refractivity (Wildman–Crippen MR) is 60.9 cm³/mol. The molecule has 0 saturated heterocycles. The summed E-state index contributed by atoms with van der Waals surface area (Å²) in [6.07, 6.45) is 0. The zero-order valence-electron chi connectivity index (χ0n) is 7.54. The number of aliphatic imine (C=N–C) groups is 1. The lowest BCUT2D eigenvalue weighted by Gasteiger charge is -2.09. The third-order valence-corrected chi connectivity index (χ3v) is 5.06. The van der Waals surface area contributed by atoms with Crippen molar-refractivity contribution < 1.29 is 0 Å². The lowest BCUT2D eigenvalue weighted by atomic mass is 10.8. The highest BCUT2D eigenvalue weighted by Gasteiger charge is 2.19. The molecule has 0 aromatic heterocycles. The van der Waals surface area contributed by atoms with Crippen LogP contribution in [0.5, 0.6) is 0 Å². The fraction of sp³-hybridized carbons (Fsp3) is 0.667. The predicted octanol–water partition coefficient (Wildman–Crippen LogP) is 1.64. The Kier molecular flexibility index (Phi) is 3.46. The van der Waals surface area contributed by atoms with Crippen molar-refractivity contribution in [3.8, 4) is 0 Å². The second kappa shape index (κ2) is 4.00. The van der Waals surface area contributed by atoms with E-state index in [1.54, 1.807) is 10.8 Å². The van der Waals surface area contributed by atoms with Crippen molar-refractivity contribution in [1.29, 1.82) is 0 Å². The molecule has 1 rings (SSSR count). The standard InChI is InChI=1S/C6H12ClN3S2/c1-9(2)5-8-6(10(3)4)12(7)11-5/h1-4H3. The summed E-state index contributed by atoms with van der Waals surface area (Å²) >= 11 is 0. The van der Waals surface area contributed by atoms with Crippen LogP contribution < -0.4 is 0 Å². The number of halogens is 1. The molecular formula is C6H12ClN3S2. The molecule has 6 heteroatoms. The maximum absolute atomic E-state index is 6.08. The Hall–Kier alpha value is 0.290. The van der Waals surface area contributed by atoms with Crippen LogP contribution in [0.25, 0.3) is 0 Å². The molecule has 1 aliphatic heterocycles. The molecule has 12 heavy (non-hydrogen) atoms. The first-order chi connectivity index (χ1) is 5.52. The number of nitrogens with zero attached hydrogens (tertiary/aromatic N) is 3. The summed E-state index contributed by atoms with van der Waals surface area (Å²) in [4.78, 5) is 8.33. The molecule has 1 heterocycles. The van der Waals surface area contributed by atoms with E-state index in [4.69, 9.17) is 10.7 Å². The van der Waals surface area contributed by atoms with Crippen LogP contribution >= 0.6 is 30.2 Å². The summed E-state index contributed by atoms with van der Waals surface area (Å²) in [5.41, 5.74) is 0. The summed E-state index contributed by atoms with van der Waals surface area (Å²) in [6.45, 7) is 0. The highest BCUT2D eigenvalue weighted by atomic mass is 35.7. The molecule has 0 aliphatic carbocycles. The zero-order chi connectivity index (χ0) is 9.30. The smallest absolute Gasteiger partial charge is 0.177 e. The normalized spacial score (nSPS) is 23.3. The molecule has 0 aromatic carbocycles. The van der Waals surface area contributed by atoms with Crippen molar-refractivity contribution >= 4 is 40.5 Å². The van der Waals surface area contributed by atoms with Gasteiger partial charge in [-0.1, -0.05) is 0 Å². The van der Waals surface area contributed by atoms with Crippen molar-refractivity contribution in [3.05, 3.63) is 0 Å². The Labute approximate surface area is 83.6 Å². The summed E-state index contributed by atoms with van der Waals surface area (Å²) in [6, 6.07) is 0. The van der Waals surface area contributed by atoms with Crippen molar-refractivity contribution in [1.82, 2.24) is 9.80 Å². The fourth-order valence-corrected chi connectivity index (χ4v) is 4.40. The second-order valence-corrected chi connectivity index (χ2v) is 7.09. The first-order valence-corrected chi connectivity index (χ1v) is 6.80. The van der Waals surface area contributed by atoms with Gasteiger partial charge < -0.3 is 4.90 Å². The van der Waals surface area contributed by atoms with Gasteiger partial charge in [-0.2, -0.15) is 0 Å². The molecule has 1 atom stereocenters. The molecule has 0 radical (unpaired) electrons. The molecule has 0 bridgehead atoms. The summed E-state index contributed by atoms with van der Waals surface area (Å²) in [7, 11) is 15.2. The molecule has 0 amide bonds. The van der Waals surface area contributed by atoms with Gasteiger partial charge in [-0.05, 0) is 35.6 Å². The number of rotatable bonds is 0. The van der Waals surface area contributed by atoms with Crippen LogP contribution in [0.15, 0.2) is 4.99 Å². The van der Waals surface area contributed by atoms with Gasteiger partial charge in [-0.25, -0.2) is 4.99 Å². The van der Waals surface area contributed by atoms with Gasteiger partial charge in [0.1, 0.15) is 0 Å². The Morgan fingerprint density at radius 1 is 1.25 bits per heavy atom. The number of amidine groups is 1. The quantitative estimate of drug-likeness (QED) is 0.462. The molecule has 0 N–H and O–H groups in total. The largest absolute Gasteiger partial charge is 0.357 e. The Morgan fingerprint density at radius 3 is 2.08 bits per heavy atom. The van der Waals surface area contributed by atoms with Crippen molar-refractivity contribution in [3.63, 3.8) is 0 Å². The molecule has 0 saturated carbocycles. The van der Waals surface area contributed by atoms with Crippen LogP contribution in [0.1, 0.15) is 0 Å². The maximum Gasteiger partial charge on any atom is 0.177 e. The van der Waals surface area contributed by atoms with Gasteiger partial charge >= 0.3 is 0 Å². The minimum atomic E-state index is -0.305. The fourth-order valence-electron chi connectivity index (χ4n) is 0.657. The number of hydrogen-bond acceptors (Lipinski definition) is 4. The molecule has 70 valence electrons. The highest BCUT2D eigenvalue weighted by molar-refractivity contribution is 8.97. The SMILES string of the molecule is CN(C)C1=NC(N(C)C)=S(Cl)S1. The summed E-state index contributed by atoms with van der Waals surface area (Å²) in [5.74, 6) is 0. The van der Waals surface area contributed by atoms with Crippen LogP contribution in [-0.2, 0) is 0 Å². The minimum absolute atomic E-state index is 0.305. The maximum atomic E-state index is 6.08. The van der Waals surface area contributed by atoms with Crippen LogP contribution in [0.4, 0.5) is 0 Å². The monoisotopic (exact) mass is 225 g/mol. The van der Waals surface area contributed by atoms with Gasteiger partial charge in [0.2, 0.25) is 0 Å². The van der Waals surface area contributed by atoms with Crippen LogP contribution in [0.2, 0.25) is 0 Å². The Balaban J connectivity index is 2.79.